The van der Waals surface area contributed by atoms with E-state index in [4.69, 9.17) is 9.84 Å². The zero-order chi connectivity index (χ0) is 15.9. The molecule has 0 spiro atoms. The summed E-state index contributed by atoms with van der Waals surface area (Å²) in [7, 11) is 0. The molecular weight excluding hydrogens is 280 g/mol. The third kappa shape index (κ3) is 4.67. The van der Waals surface area contributed by atoms with Gasteiger partial charge < -0.3 is 14.7 Å². The van der Waals surface area contributed by atoms with E-state index in [0.717, 1.165) is 38.9 Å². The van der Waals surface area contributed by atoms with Crippen molar-refractivity contribution in [3.63, 3.8) is 0 Å². The fourth-order valence-corrected chi connectivity index (χ4v) is 3.61. The first kappa shape index (κ1) is 17.7. The van der Waals surface area contributed by atoms with E-state index in [-0.39, 0.29) is 18.8 Å². The van der Waals surface area contributed by atoms with Crippen LogP contribution in [0.2, 0.25) is 0 Å². The molecule has 2 heterocycles. The molecule has 5 heteroatoms. The van der Waals surface area contributed by atoms with E-state index in [1.807, 2.05) is 4.90 Å². The van der Waals surface area contributed by atoms with Crippen molar-refractivity contribution in [2.75, 3.05) is 32.8 Å². The van der Waals surface area contributed by atoms with Gasteiger partial charge in [-0.3, -0.25) is 9.69 Å². The number of aliphatic hydroxyl groups is 1. The Morgan fingerprint density at radius 3 is 2.55 bits per heavy atom. The molecule has 1 amide bonds. The molecule has 2 rings (SSSR count). The lowest BCUT2D eigenvalue weighted by atomic mass is 9.98. The third-order valence-corrected chi connectivity index (χ3v) is 4.90. The van der Waals surface area contributed by atoms with E-state index in [2.05, 4.69) is 18.7 Å². The molecule has 2 saturated heterocycles. The number of aliphatic hydroxyl groups excluding tert-OH is 1. The lowest BCUT2D eigenvalue weighted by molar-refractivity contribution is -0.141. The number of rotatable bonds is 6. The molecular formula is C17H32N2O3. The van der Waals surface area contributed by atoms with Crippen LogP contribution in [0.4, 0.5) is 0 Å². The number of hydrogen-bond donors (Lipinski definition) is 1. The first-order valence-corrected chi connectivity index (χ1v) is 8.90. The first-order valence-electron chi connectivity index (χ1n) is 8.90. The summed E-state index contributed by atoms with van der Waals surface area (Å²) in [5.74, 6) is 0.321. The Kier molecular flexibility index (Phi) is 7.12. The predicted octanol–water partition coefficient (Wildman–Crippen LogP) is 1.64. The topological polar surface area (TPSA) is 53.0 Å². The van der Waals surface area contributed by atoms with Gasteiger partial charge in [0.15, 0.2) is 0 Å². The van der Waals surface area contributed by atoms with Crippen molar-refractivity contribution >= 4 is 5.91 Å². The molecule has 0 radical (unpaired) electrons. The number of amides is 1. The number of likely N-dealkylation sites (tertiary alicyclic amines) is 2. The molecule has 2 aliphatic rings. The maximum absolute atomic E-state index is 12.8. The molecule has 0 aliphatic carbocycles. The number of nitrogens with zero attached hydrogens (tertiary/aromatic N) is 2. The Bertz CT molecular complexity index is 341. The van der Waals surface area contributed by atoms with Crippen molar-refractivity contribution in [2.24, 2.45) is 0 Å². The normalized spacial score (nSPS) is 24.9. The highest BCUT2D eigenvalue weighted by Gasteiger charge is 2.34. The summed E-state index contributed by atoms with van der Waals surface area (Å²) in [5.41, 5.74) is 0. The van der Waals surface area contributed by atoms with Gasteiger partial charge in [0.25, 0.3) is 0 Å². The summed E-state index contributed by atoms with van der Waals surface area (Å²) in [4.78, 5) is 17.3. The molecule has 1 unspecified atom stereocenters. The second-order valence-electron chi connectivity index (χ2n) is 6.82. The van der Waals surface area contributed by atoms with Gasteiger partial charge in [0.2, 0.25) is 5.91 Å². The summed E-state index contributed by atoms with van der Waals surface area (Å²) in [5, 5.41) is 8.79. The second kappa shape index (κ2) is 8.85. The fraction of sp³-hybridized carbons (Fsp3) is 0.941. The molecule has 0 aromatic heterocycles. The Hall–Kier alpha value is -0.650. The highest BCUT2D eigenvalue weighted by atomic mass is 16.5. The molecule has 128 valence electrons. The van der Waals surface area contributed by atoms with Crippen molar-refractivity contribution in [3.8, 4) is 0 Å². The molecule has 0 saturated carbocycles. The molecule has 5 nitrogen and oxygen atoms in total. The van der Waals surface area contributed by atoms with Gasteiger partial charge in [0.1, 0.15) is 0 Å². The van der Waals surface area contributed by atoms with Gasteiger partial charge in [-0.15, -0.1) is 0 Å². The molecule has 1 N–H and O–H groups in total. The molecule has 0 aromatic rings. The van der Waals surface area contributed by atoms with Crippen LogP contribution in [0.15, 0.2) is 0 Å². The molecule has 22 heavy (non-hydrogen) atoms. The highest BCUT2D eigenvalue weighted by molar-refractivity contribution is 5.82. The minimum Gasteiger partial charge on any atom is -0.396 e. The van der Waals surface area contributed by atoms with E-state index < -0.39 is 0 Å². The fourth-order valence-electron chi connectivity index (χ4n) is 3.61. The van der Waals surface area contributed by atoms with Crippen LogP contribution in [0.5, 0.6) is 0 Å². The van der Waals surface area contributed by atoms with Gasteiger partial charge in [-0.25, -0.2) is 0 Å². The largest absolute Gasteiger partial charge is 0.396 e. The Morgan fingerprint density at radius 1 is 1.18 bits per heavy atom. The van der Waals surface area contributed by atoms with E-state index in [9.17, 15) is 4.79 Å². The lowest BCUT2D eigenvalue weighted by Gasteiger charge is -2.41. The maximum Gasteiger partial charge on any atom is 0.239 e. The minimum absolute atomic E-state index is 0.0839. The van der Waals surface area contributed by atoms with E-state index in [1.165, 1.54) is 12.8 Å². The van der Waals surface area contributed by atoms with E-state index >= 15 is 0 Å². The first-order chi connectivity index (χ1) is 10.6. The SMILES string of the molecule is CC(C)N1CCCCC1C(=O)N1CCC(OCCCO)CC1. The minimum atomic E-state index is 0.0839. The van der Waals surface area contributed by atoms with Crippen LogP contribution in [0.25, 0.3) is 0 Å². The number of hydrogen-bond acceptors (Lipinski definition) is 4. The van der Waals surface area contributed by atoms with Crippen molar-refractivity contribution in [3.05, 3.63) is 0 Å². The van der Waals surface area contributed by atoms with Crippen molar-refractivity contribution < 1.29 is 14.6 Å². The van der Waals surface area contributed by atoms with Gasteiger partial charge >= 0.3 is 0 Å². The van der Waals surface area contributed by atoms with Crippen molar-refractivity contribution in [1.82, 2.24) is 9.80 Å². The number of carbonyl (C=O) groups excluding carboxylic acids is 1. The summed E-state index contributed by atoms with van der Waals surface area (Å²) in [6, 6.07) is 0.522. The number of carbonyl (C=O) groups is 1. The molecule has 0 bridgehead atoms. The van der Waals surface area contributed by atoms with Crippen molar-refractivity contribution in [2.45, 2.75) is 70.6 Å². The van der Waals surface area contributed by atoms with Crippen LogP contribution < -0.4 is 0 Å². The smallest absolute Gasteiger partial charge is 0.239 e. The maximum atomic E-state index is 12.8. The molecule has 1 atom stereocenters. The van der Waals surface area contributed by atoms with Crippen LogP contribution in [0, 0.1) is 0 Å². The second-order valence-corrected chi connectivity index (χ2v) is 6.82. The van der Waals surface area contributed by atoms with E-state index in [1.54, 1.807) is 0 Å². The lowest BCUT2D eigenvalue weighted by Crippen LogP contribution is -2.54. The van der Waals surface area contributed by atoms with E-state index in [0.29, 0.717) is 25.0 Å². The average Bonchev–Trinajstić information content (AvgIpc) is 2.55. The summed E-state index contributed by atoms with van der Waals surface area (Å²) < 4.78 is 5.75. The van der Waals surface area contributed by atoms with Crippen LogP contribution >= 0.6 is 0 Å². The van der Waals surface area contributed by atoms with Crippen molar-refractivity contribution in [1.29, 1.82) is 0 Å². The molecule has 2 fully saturated rings. The average molecular weight is 312 g/mol. The van der Waals surface area contributed by atoms with Crippen LogP contribution in [-0.2, 0) is 9.53 Å². The Balaban J connectivity index is 1.81. The standard InChI is InChI=1S/C17H32N2O3/c1-14(2)19-9-4-3-6-16(19)17(21)18-10-7-15(8-11-18)22-13-5-12-20/h14-16,20H,3-13H2,1-2H3. The van der Waals surface area contributed by atoms with Gasteiger partial charge in [0.05, 0.1) is 12.1 Å². The molecule has 2 aliphatic heterocycles. The Labute approximate surface area is 134 Å². The molecule has 0 aromatic carbocycles. The summed E-state index contributed by atoms with van der Waals surface area (Å²) in [6.07, 6.45) is 6.18. The van der Waals surface area contributed by atoms with Gasteiger partial charge in [-0.05, 0) is 52.5 Å². The zero-order valence-electron chi connectivity index (χ0n) is 14.2. The quantitative estimate of drug-likeness (QED) is 0.758. The number of piperidine rings is 2. The van der Waals surface area contributed by atoms with Gasteiger partial charge in [-0.1, -0.05) is 6.42 Å². The third-order valence-electron chi connectivity index (χ3n) is 4.90. The highest BCUT2D eigenvalue weighted by Crippen LogP contribution is 2.23. The zero-order valence-corrected chi connectivity index (χ0v) is 14.2. The predicted molar refractivity (Wildman–Crippen MR) is 86.7 cm³/mol. The van der Waals surface area contributed by atoms with Crippen LogP contribution in [-0.4, -0.2) is 71.8 Å². The van der Waals surface area contributed by atoms with Gasteiger partial charge in [0, 0.05) is 32.3 Å². The summed E-state index contributed by atoms with van der Waals surface area (Å²) >= 11 is 0. The van der Waals surface area contributed by atoms with Crippen LogP contribution in [0.1, 0.15) is 52.4 Å². The Morgan fingerprint density at radius 2 is 1.91 bits per heavy atom. The summed E-state index contributed by atoms with van der Waals surface area (Å²) in [6.45, 7) is 7.85. The van der Waals surface area contributed by atoms with Gasteiger partial charge in [-0.2, -0.15) is 0 Å². The van der Waals surface area contributed by atoms with Crippen LogP contribution in [0.3, 0.4) is 0 Å². The monoisotopic (exact) mass is 312 g/mol. The number of ether oxygens (including phenoxy) is 1.